The van der Waals surface area contributed by atoms with E-state index in [2.05, 4.69) is 0 Å². The van der Waals surface area contributed by atoms with Crippen LogP contribution < -0.4 is 10.5 Å². The summed E-state index contributed by atoms with van der Waals surface area (Å²) in [5.41, 5.74) is 6.60. The van der Waals surface area contributed by atoms with Gasteiger partial charge in [-0.05, 0) is 37.8 Å². The van der Waals surface area contributed by atoms with E-state index in [0.717, 1.165) is 16.9 Å². The lowest BCUT2D eigenvalue weighted by atomic mass is 10.0. The van der Waals surface area contributed by atoms with Gasteiger partial charge < -0.3 is 15.4 Å². The molecule has 1 aromatic carbocycles. The first-order chi connectivity index (χ1) is 9.94. The molecule has 1 saturated heterocycles. The highest BCUT2D eigenvalue weighted by atomic mass is 16.5. The number of ether oxygens (including phenoxy) is 1. The quantitative estimate of drug-likeness (QED) is 0.845. The van der Waals surface area contributed by atoms with Gasteiger partial charge in [-0.15, -0.1) is 0 Å². The van der Waals surface area contributed by atoms with Gasteiger partial charge in [0.15, 0.2) is 0 Å². The van der Waals surface area contributed by atoms with Crippen LogP contribution in [0.2, 0.25) is 0 Å². The molecule has 5 nitrogen and oxygen atoms in total. The van der Waals surface area contributed by atoms with Gasteiger partial charge in [0.2, 0.25) is 11.8 Å². The third kappa shape index (κ3) is 2.26. The molecule has 2 aliphatic rings. The second-order valence-electron chi connectivity index (χ2n) is 6.12. The van der Waals surface area contributed by atoms with Crippen molar-refractivity contribution in [1.82, 2.24) is 4.90 Å². The van der Waals surface area contributed by atoms with Crippen LogP contribution in [0.1, 0.15) is 24.0 Å². The zero-order valence-corrected chi connectivity index (χ0v) is 12.4. The Morgan fingerprint density at radius 3 is 2.29 bits per heavy atom. The van der Waals surface area contributed by atoms with E-state index < -0.39 is 11.3 Å². The minimum absolute atomic E-state index is 0.00238. The van der Waals surface area contributed by atoms with Crippen molar-refractivity contribution in [2.45, 2.75) is 32.8 Å². The summed E-state index contributed by atoms with van der Waals surface area (Å²) in [6.45, 7) is 5.08. The Kier molecular flexibility index (Phi) is 3.15. The number of rotatable bonds is 4. The molecule has 0 atom stereocenters. The number of carbonyl (C=O) groups excluding carboxylic acids is 2. The highest BCUT2D eigenvalue weighted by Gasteiger charge is 2.58. The van der Waals surface area contributed by atoms with E-state index >= 15 is 0 Å². The predicted octanol–water partition coefficient (Wildman–Crippen LogP) is 1.16. The van der Waals surface area contributed by atoms with Crippen LogP contribution >= 0.6 is 0 Å². The Morgan fingerprint density at radius 1 is 1.24 bits per heavy atom. The van der Waals surface area contributed by atoms with Crippen LogP contribution in [-0.2, 0) is 9.59 Å². The molecule has 1 aliphatic carbocycles. The van der Waals surface area contributed by atoms with E-state index in [4.69, 9.17) is 10.5 Å². The Labute approximate surface area is 124 Å². The van der Waals surface area contributed by atoms with Crippen LogP contribution in [0.25, 0.3) is 0 Å². The normalized spacial score (nSPS) is 19.8. The van der Waals surface area contributed by atoms with Crippen molar-refractivity contribution in [3.8, 4) is 5.75 Å². The number of aryl methyl sites for hydroxylation is 2. The number of hydrogen-bond acceptors (Lipinski definition) is 3. The summed E-state index contributed by atoms with van der Waals surface area (Å²) in [4.78, 5) is 25.3. The monoisotopic (exact) mass is 288 g/mol. The van der Waals surface area contributed by atoms with Crippen LogP contribution in [0.4, 0.5) is 0 Å². The van der Waals surface area contributed by atoms with Gasteiger partial charge in [0.25, 0.3) is 0 Å². The van der Waals surface area contributed by atoms with Crippen LogP contribution in [-0.4, -0.2) is 35.9 Å². The lowest BCUT2D eigenvalue weighted by Crippen LogP contribution is -2.59. The van der Waals surface area contributed by atoms with Gasteiger partial charge in [-0.25, -0.2) is 0 Å². The van der Waals surface area contributed by atoms with Gasteiger partial charge in [-0.1, -0.05) is 18.2 Å². The number of benzene rings is 1. The molecule has 0 radical (unpaired) electrons. The standard InChI is InChI=1S/C16H20N2O3/c1-10-4-3-5-11(2)13(10)21-12-8-18(9-12)15(20)16(6-7-16)14(17)19/h3-5,12H,6-9H2,1-2H3,(H2,17,19). The third-order valence-corrected chi connectivity index (χ3v) is 4.46. The van der Waals surface area contributed by atoms with Gasteiger partial charge in [-0.3, -0.25) is 9.59 Å². The molecule has 2 amide bonds. The number of nitrogens with two attached hydrogens (primary N) is 1. The summed E-state index contributed by atoms with van der Waals surface area (Å²) in [5.74, 6) is 0.272. The van der Waals surface area contributed by atoms with Crippen molar-refractivity contribution in [2.75, 3.05) is 13.1 Å². The van der Waals surface area contributed by atoms with E-state index in [1.165, 1.54) is 0 Å². The molecule has 0 unspecified atom stereocenters. The second kappa shape index (κ2) is 4.76. The molecule has 0 spiro atoms. The number of carbonyl (C=O) groups is 2. The molecule has 1 aromatic rings. The zero-order valence-electron chi connectivity index (χ0n) is 12.4. The smallest absolute Gasteiger partial charge is 0.238 e. The summed E-state index contributed by atoms with van der Waals surface area (Å²) < 4.78 is 5.98. The molecule has 1 heterocycles. The fraction of sp³-hybridized carbons (Fsp3) is 0.500. The van der Waals surface area contributed by atoms with Crippen LogP contribution in [0.3, 0.4) is 0 Å². The number of likely N-dealkylation sites (tertiary alicyclic amines) is 1. The van der Waals surface area contributed by atoms with E-state index in [0.29, 0.717) is 25.9 Å². The molecule has 5 heteroatoms. The molecule has 21 heavy (non-hydrogen) atoms. The molecule has 1 aliphatic heterocycles. The number of amides is 2. The number of hydrogen-bond donors (Lipinski definition) is 1. The molecule has 112 valence electrons. The van der Waals surface area contributed by atoms with Gasteiger partial charge in [-0.2, -0.15) is 0 Å². The van der Waals surface area contributed by atoms with Gasteiger partial charge in [0, 0.05) is 0 Å². The van der Waals surface area contributed by atoms with E-state index in [1.54, 1.807) is 4.90 Å². The first kappa shape index (κ1) is 13.9. The van der Waals surface area contributed by atoms with Crippen LogP contribution in [0.5, 0.6) is 5.75 Å². The van der Waals surface area contributed by atoms with Gasteiger partial charge in [0.05, 0.1) is 13.1 Å². The zero-order chi connectivity index (χ0) is 15.2. The average Bonchev–Trinajstić information content (AvgIpc) is 3.16. The van der Waals surface area contributed by atoms with Crippen molar-refractivity contribution >= 4 is 11.8 Å². The molecular weight excluding hydrogens is 268 g/mol. The fourth-order valence-corrected chi connectivity index (χ4v) is 2.82. The summed E-state index contributed by atoms with van der Waals surface area (Å²) in [6.07, 6.45) is 1.16. The lowest BCUT2D eigenvalue weighted by molar-refractivity contribution is -0.150. The molecular formula is C16H20N2O3. The van der Waals surface area contributed by atoms with Crippen molar-refractivity contribution < 1.29 is 14.3 Å². The molecule has 1 saturated carbocycles. The SMILES string of the molecule is Cc1cccc(C)c1OC1CN(C(=O)C2(C(N)=O)CC2)C1. The summed E-state index contributed by atoms with van der Waals surface area (Å²) in [7, 11) is 0. The van der Waals surface area contributed by atoms with E-state index in [-0.39, 0.29) is 12.0 Å². The maximum Gasteiger partial charge on any atom is 0.238 e. The Balaban J connectivity index is 1.59. The Bertz CT molecular complexity index is 581. The predicted molar refractivity (Wildman–Crippen MR) is 77.8 cm³/mol. The van der Waals surface area contributed by atoms with Crippen LogP contribution in [0, 0.1) is 19.3 Å². The van der Waals surface area contributed by atoms with Gasteiger partial charge in [0.1, 0.15) is 17.3 Å². The van der Waals surface area contributed by atoms with Crippen molar-refractivity contribution in [3.63, 3.8) is 0 Å². The molecule has 2 N–H and O–H groups in total. The first-order valence-electron chi connectivity index (χ1n) is 7.26. The number of nitrogens with zero attached hydrogens (tertiary/aromatic N) is 1. The van der Waals surface area contributed by atoms with Crippen molar-refractivity contribution in [2.24, 2.45) is 11.1 Å². The van der Waals surface area contributed by atoms with E-state index in [1.807, 2.05) is 32.0 Å². The minimum atomic E-state index is -0.913. The summed E-state index contributed by atoms with van der Waals surface area (Å²) in [5, 5.41) is 0. The highest BCUT2D eigenvalue weighted by molar-refractivity contribution is 6.07. The highest BCUT2D eigenvalue weighted by Crippen LogP contribution is 2.47. The van der Waals surface area contributed by atoms with E-state index in [9.17, 15) is 9.59 Å². The maximum atomic E-state index is 12.3. The fourth-order valence-electron chi connectivity index (χ4n) is 2.82. The van der Waals surface area contributed by atoms with Gasteiger partial charge >= 0.3 is 0 Å². The largest absolute Gasteiger partial charge is 0.486 e. The topological polar surface area (TPSA) is 72.6 Å². The summed E-state index contributed by atoms with van der Waals surface area (Å²) in [6, 6.07) is 6.02. The second-order valence-corrected chi connectivity index (χ2v) is 6.12. The average molecular weight is 288 g/mol. The maximum absolute atomic E-state index is 12.3. The molecule has 0 aromatic heterocycles. The minimum Gasteiger partial charge on any atom is -0.486 e. The van der Waals surface area contributed by atoms with Crippen molar-refractivity contribution in [1.29, 1.82) is 0 Å². The first-order valence-corrected chi connectivity index (χ1v) is 7.26. The Morgan fingerprint density at radius 2 is 1.81 bits per heavy atom. The summed E-state index contributed by atoms with van der Waals surface area (Å²) >= 11 is 0. The molecule has 3 rings (SSSR count). The molecule has 0 bridgehead atoms. The third-order valence-electron chi connectivity index (χ3n) is 4.46. The lowest BCUT2D eigenvalue weighted by Gasteiger charge is -2.40. The number of para-hydroxylation sites is 1. The van der Waals surface area contributed by atoms with Crippen LogP contribution in [0.15, 0.2) is 18.2 Å². The number of primary amides is 1. The molecule has 2 fully saturated rings. The van der Waals surface area contributed by atoms with Crippen molar-refractivity contribution in [3.05, 3.63) is 29.3 Å². The Hall–Kier alpha value is -2.04.